The molecule has 130 valence electrons. The fourth-order valence-corrected chi connectivity index (χ4v) is 3.30. The van der Waals surface area contributed by atoms with Crippen LogP contribution in [0, 0.1) is 0 Å². The Morgan fingerprint density at radius 1 is 1.08 bits per heavy atom. The fourth-order valence-electron chi connectivity index (χ4n) is 3.30. The molecule has 4 N–H and O–H groups in total. The van der Waals surface area contributed by atoms with Gasteiger partial charge in [-0.1, -0.05) is 18.2 Å². The lowest BCUT2D eigenvalue weighted by atomic mass is 9.99. The number of hydrogen-bond acceptors (Lipinski definition) is 3. The number of aliphatic carboxylic acids is 1. The van der Waals surface area contributed by atoms with Gasteiger partial charge in [0.15, 0.2) is 0 Å². The summed E-state index contributed by atoms with van der Waals surface area (Å²) >= 11 is 0. The van der Waals surface area contributed by atoms with Gasteiger partial charge in [0.1, 0.15) is 11.3 Å². The van der Waals surface area contributed by atoms with Crippen LogP contribution in [0.25, 0.3) is 32.9 Å². The Morgan fingerprint density at radius 3 is 2.65 bits per heavy atom. The van der Waals surface area contributed by atoms with Gasteiger partial charge in [-0.2, -0.15) is 0 Å². The Kier molecular flexibility index (Phi) is 3.73. The molecule has 2 heterocycles. The number of aromatic amines is 2. The summed E-state index contributed by atoms with van der Waals surface area (Å²) in [5.74, 6) is -0.702. The van der Waals surface area contributed by atoms with Gasteiger partial charge in [-0.05, 0) is 47.4 Å². The lowest BCUT2D eigenvalue weighted by Crippen LogP contribution is -2.06. The highest BCUT2D eigenvalue weighted by Crippen LogP contribution is 2.30. The monoisotopic (exact) mass is 348 g/mol. The Morgan fingerprint density at radius 2 is 1.88 bits per heavy atom. The standard InChI is InChI=1S/C20H16N2O4/c23-14-3-1-2-11(8-14)12-4-6-16-15(9-12)18-13(5-7-17(24)25)10-21-19(18)20(26)22-16/h1-4,6,8-10,21,23H,5,7H2,(H,22,26)(H,24,25). The van der Waals surface area contributed by atoms with Crippen LogP contribution < -0.4 is 5.56 Å². The van der Waals surface area contributed by atoms with Gasteiger partial charge in [-0.15, -0.1) is 0 Å². The number of aromatic hydroxyl groups is 1. The molecule has 0 aliphatic heterocycles. The zero-order valence-electron chi connectivity index (χ0n) is 13.7. The van der Waals surface area contributed by atoms with Gasteiger partial charge >= 0.3 is 5.97 Å². The molecule has 4 rings (SSSR count). The Balaban J connectivity index is 1.97. The molecule has 2 aromatic heterocycles. The van der Waals surface area contributed by atoms with Crippen LogP contribution >= 0.6 is 0 Å². The second-order valence-corrected chi connectivity index (χ2v) is 6.22. The fraction of sp³-hybridized carbons (Fsp3) is 0.100. The van der Waals surface area contributed by atoms with Crippen molar-refractivity contribution in [3.05, 3.63) is 64.6 Å². The Labute approximate surface area is 147 Å². The van der Waals surface area contributed by atoms with E-state index in [9.17, 15) is 14.7 Å². The first-order valence-electron chi connectivity index (χ1n) is 8.20. The number of H-pyrrole nitrogens is 2. The summed E-state index contributed by atoms with van der Waals surface area (Å²) in [6, 6.07) is 12.6. The summed E-state index contributed by atoms with van der Waals surface area (Å²) < 4.78 is 0. The highest BCUT2D eigenvalue weighted by Gasteiger charge is 2.13. The molecule has 0 atom stereocenters. The van der Waals surface area contributed by atoms with Crippen molar-refractivity contribution in [3.8, 4) is 16.9 Å². The van der Waals surface area contributed by atoms with E-state index in [1.165, 1.54) is 0 Å². The third-order valence-corrected chi connectivity index (χ3v) is 4.51. The zero-order chi connectivity index (χ0) is 18.3. The minimum Gasteiger partial charge on any atom is -0.508 e. The average Bonchev–Trinajstić information content (AvgIpc) is 3.05. The van der Waals surface area contributed by atoms with Crippen LogP contribution in [0.3, 0.4) is 0 Å². The third kappa shape index (κ3) is 2.71. The first-order chi connectivity index (χ1) is 12.5. The number of phenols is 1. The molecule has 6 heteroatoms. The largest absolute Gasteiger partial charge is 0.508 e. The summed E-state index contributed by atoms with van der Waals surface area (Å²) in [7, 11) is 0. The van der Waals surface area contributed by atoms with Crippen LogP contribution in [0.1, 0.15) is 12.0 Å². The number of aromatic nitrogens is 2. The van der Waals surface area contributed by atoms with Crippen LogP contribution in [0.15, 0.2) is 53.5 Å². The number of carboxylic acids is 1. The summed E-state index contributed by atoms with van der Waals surface area (Å²) in [6.07, 6.45) is 2.03. The SMILES string of the molecule is O=C(O)CCc1c[nH]c2c(=O)[nH]c3ccc(-c4cccc(O)c4)cc3c12. The molecule has 0 bridgehead atoms. The van der Waals surface area contributed by atoms with Crippen molar-refractivity contribution in [1.29, 1.82) is 0 Å². The maximum absolute atomic E-state index is 12.3. The first kappa shape index (κ1) is 16.0. The number of benzene rings is 2. The number of carbonyl (C=O) groups is 1. The maximum Gasteiger partial charge on any atom is 0.303 e. The van der Waals surface area contributed by atoms with Crippen molar-refractivity contribution in [2.45, 2.75) is 12.8 Å². The van der Waals surface area contributed by atoms with E-state index in [0.29, 0.717) is 17.5 Å². The molecule has 6 nitrogen and oxygen atoms in total. The number of phenolic OH excluding ortho intramolecular Hbond substituents is 1. The quantitative estimate of drug-likeness (QED) is 0.453. The molecule has 0 saturated heterocycles. The van der Waals surface area contributed by atoms with Gasteiger partial charge < -0.3 is 20.2 Å². The van der Waals surface area contributed by atoms with E-state index >= 15 is 0 Å². The molecule has 2 aromatic carbocycles. The predicted molar refractivity (Wildman–Crippen MR) is 99.5 cm³/mol. The summed E-state index contributed by atoms with van der Waals surface area (Å²) in [5.41, 5.74) is 3.43. The molecule has 0 saturated carbocycles. The number of rotatable bonds is 4. The van der Waals surface area contributed by atoms with E-state index in [1.807, 2.05) is 24.3 Å². The summed E-state index contributed by atoms with van der Waals surface area (Å²) in [4.78, 5) is 29.1. The summed E-state index contributed by atoms with van der Waals surface area (Å²) in [6.45, 7) is 0. The van der Waals surface area contributed by atoms with Gasteiger partial charge in [0.05, 0.1) is 0 Å². The number of nitrogens with one attached hydrogen (secondary N) is 2. The van der Waals surface area contributed by atoms with E-state index < -0.39 is 5.97 Å². The third-order valence-electron chi connectivity index (χ3n) is 4.51. The molecule has 4 aromatic rings. The molecule has 0 radical (unpaired) electrons. The Bertz CT molecular complexity index is 1200. The van der Waals surface area contributed by atoms with Crippen molar-refractivity contribution in [3.63, 3.8) is 0 Å². The van der Waals surface area contributed by atoms with Gasteiger partial charge in [0.25, 0.3) is 5.56 Å². The first-order valence-corrected chi connectivity index (χ1v) is 8.20. The van der Waals surface area contributed by atoms with Crippen molar-refractivity contribution in [2.24, 2.45) is 0 Å². The number of carboxylic acid groups (broad SMARTS) is 1. The minimum atomic E-state index is -0.881. The molecule has 0 amide bonds. The van der Waals surface area contributed by atoms with E-state index in [4.69, 9.17) is 5.11 Å². The van der Waals surface area contributed by atoms with Crippen LogP contribution in [0.4, 0.5) is 0 Å². The van der Waals surface area contributed by atoms with Crippen LogP contribution in [-0.2, 0) is 11.2 Å². The Hall–Kier alpha value is -3.54. The molecular formula is C20H16N2O4. The second kappa shape index (κ2) is 6.07. The second-order valence-electron chi connectivity index (χ2n) is 6.22. The normalized spacial score (nSPS) is 11.2. The number of hydrogen-bond donors (Lipinski definition) is 4. The molecule has 0 fully saturated rings. The molecule has 26 heavy (non-hydrogen) atoms. The molecule has 0 aliphatic rings. The highest BCUT2D eigenvalue weighted by molar-refractivity contribution is 6.07. The molecule has 0 spiro atoms. The number of fused-ring (bicyclic) bond motifs is 3. The lowest BCUT2D eigenvalue weighted by Gasteiger charge is -2.07. The van der Waals surface area contributed by atoms with Crippen LogP contribution in [-0.4, -0.2) is 26.2 Å². The average molecular weight is 348 g/mol. The van der Waals surface area contributed by atoms with E-state index in [0.717, 1.165) is 27.5 Å². The number of pyridine rings is 1. The topological polar surface area (TPSA) is 106 Å². The van der Waals surface area contributed by atoms with Crippen LogP contribution in [0.2, 0.25) is 0 Å². The van der Waals surface area contributed by atoms with Crippen LogP contribution in [0.5, 0.6) is 5.75 Å². The maximum atomic E-state index is 12.3. The van der Waals surface area contributed by atoms with Crippen molar-refractivity contribution < 1.29 is 15.0 Å². The highest BCUT2D eigenvalue weighted by atomic mass is 16.4. The smallest absolute Gasteiger partial charge is 0.303 e. The van der Waals surface area contributed by atoms with Gasteiger partial charge in [0, 0.05) is 28.9 Å². The molecule has 0 unspecified atom stereocenters. The number of aryl methyl sites for hydroxylation is 1. The van der Waals surface area contributed by atoms with E-state index in [-0.39, 0.29) is 17.7 Å². The van der Waals surface area contributed by atoms with E-state index in [2.05, 4.69) is 9.97 Å². The van der Waals surface area contributed by atoms with E-state index in [1.54, 1.807) is 24.4 Å². The predicted octanol–water partition coefficient (Wildman–Crippen LogP) is 3.40. The summed E-state index contributed by atoms with van der Waals surface area (Å²) in [5, 5.41) is 20.3. The minimum absolute atomic E-state index is 0.00645. The van der Waals surface area contributed by atoms with Gasteiger partial charge in [-0.3, -0.25) is 9.59 Å². The van der Waals surface area contributed by atoms with Gasteiger partial charge in [0.2, 0.25) is 0 Å². The van der Waals surface area contributed by atoms with Gasteiger partial charge in [-0.25, -0.2) is 0 Å². The molecule has 0 aliphatic carbocycles. The van der Waals surface area contributed by atoms with Crippen molar-refractivity contribution in [1.82, 2.24) is 9.97 Å². The van der Waals surface area contributed by atoms with Crippen molar-refractivity contribution >= 4 is 27.8 Å². The lowest BCUT2D eigenvalue weighted by molar-refractivity contribution is -0.136. The zero-order valence-corrected chi connectivity index (χ0v) is 13.7. The van der Waals surface area contributed by atoms with Crippen molar-refractivity contribution in [2.75, 3.05) is 0 Å². The molecular weight excluding hydrogens is 332 g/mol.